The lowest BCUT2D eigenvalue weighted by molar-refractivity contribution is 0.622. The van der Waals surface area contributed by atoms with Crippen LogP contribution in [0.15, 0.2) is 18.2 Å². The van der Waals surface area contributed by atoms with Crippen LogP contribution >= 0.6 is 11.6 Å². The molecule has 0 nitrogen and oxygen atoms in total. The maximum Gasteiger partial charge on any atom is 0.0443 e. The topological polar surface area (TPSA) is 0 Å². The summed E-state index contributed by atoms with van der Waals surface area (Å²) in [4.78, 5) is 0. The number of rotatable bonds is 4. The molecule has 0 amide bonds. The number of unbranched alkanes of at least 4 members (excludes halogenated alkanes) is 1. The summed E-state index contributed by atoms with van der Waals surface area (Å²) >= 11 is 6.20. The van der Waals surface area contributed by atoms with Crippen molar-refractivity contribution < 1.29 is 0 Å². The van der Waals surface area contributed by atoms with E-state index in [2.05, 4.69) is 26.8 Å². The monoisotopic (exact) mass is 210 g/mol. The van der Waals surface area contributed by atoms with Gasteiger partial charge >= 0.3 is 0 Å². The Labute approximate surface area is 92.3 Å². The van der Waals surface area contributed by atoms with E-state index in [1.54, 1.807) is 0 Å². The van der Waals surface area contributed by atoms with Gasteiger partial charge in [-0.25, -0.2) is 0 Å². The third-order valence-corrected chi connectivity index (χ3v) is 3.08. The highest BCUT2D eigenvalue weighted by atomic mass is 35.5. The Morgan fingerprint density at radius 3 is 2.64 bits per heavy atom. The lowest BCUT2D eigenvalue weighted by atomic mass is 9.92. The summed E-state index contributed by atoms with van der Waals surface area (Å²) in [6, 6.07) is 6.16. The molecule has 0 aliphatic carbocycles. The van der Waals surface area contributed by atoms with Gasteiger partial charge in [0.15, 0.2) is 0 Å². The van der Waals surface area contributed by atoms with E-state index in [1.807, 2.05) is 12.1 Å². The van der Waals surface area contributed by atoms with E-state index in [4.69, 9.17) is 11.6 Å². The molecule has 0 aliphatic rings. The first-order chi connectivity index (χ1) is 6.66. The number of aryl methyl sites for hydroxylation is 1. The van der Waals surface area contributed by atoms with Gasteiger partial charge in [-0.1, -0.05) is 50.4 Å². The van der Waals surface area contributed by atoms with Gasteiger partial charge < -0.3 is 0 Å². The van der Waals surface area contributed by atoms with Crippen LogP contribution in [0, 0.1) is 6.92 Å². The Morgan fingerprint density at radius 2 is 2.07 bits per heavy atom. The van der Waals surface area contributed by atoms with E-state index >= 15 is 0 Å². The first-order valence-corrected chi connectivity index (χ1v) is 5.79. The van der Waals surface area contributed by atoms with Crippen molar-refractivity contribution in [2.24, 2.45) is 0 Å². The minimum absolute atomic E-state index is 0.587. The van der Waals surface area contributed by atoms with E-state index in [9.17, 15) is 0 Å². The fraction of sp³-hybridized carbons (Fsp3) is 0.538. The summed E-state index contributed by atoms with van der Waals surface area (Å²) in [6.07, 6.45) is 3.78. The molecule has 0 N–H and O–H groups in total. The Bertz CT molecular complexity index is 271. The molecule has 0 spiro atoms. The van der Waals surface area contributed by atoms with Crippen LogP contribution in [0.4, 0.5) is 0 Å². The fourth-order valence-corrected chi connectivity index (χ4v) is 2.33. The highest BCUT2D eigenvalue weighted by Crippen LogP contribution is 2.30. The average molecular weight is 211 g/mol. The highest BCUT2D eigenvalue weighted by molar-refractivity contribution is 6.31. The predicted molar refractivity (Wildman–Crippen MR) is 64.1 cm³/mol. The van der Waals surface area contributed by atoms with Crippen molar-refractivity contribution in [1.82, 2.24) is 0 Å². The molecule has 0 saturated heterocycles. The second-order valence-electron chi connectivity index (χ2n) is 4.01. The molecule has 1 aromatic rings. The van der Waals surface area contributed by atoms with Gasteiger partial charge in [-0.05, 0) is 36.5 Å². The lowest BCUT2D eigenvalue weighted by Gasteiger charge is -2.15. The van der Waals surface area contributed by atoms with Gasteiger partial charge in [0.05, 0.1) is 0 Å². The standard InChI is InChI=1S/C13H19Cl/c1-4-5-7-10(2)13-11(3)8-6-9-12(13)14/h6,8-10H,4-5,7H2,1-3H3. The summed E-state index contributed by atoms with van der Waals surface area (Å²) < 4.78 is 0. The zero-order valence-corrected chi connectivity index (χ0v) is 10.1. The van der Waals surface area contributed by atoms with Gasteiger partial charge in [-0.3, -0.25) is 0 Å². The van der Waals surface area contributed by atoms with Crippen molar-refractivity contribution >= 4 is 11.6 Å². The van der Waals surface area contributed by atoms with Gasteiger partial charge in [-0.15, -0.1) is 0 Å². The van der Waals surface area contributed by atoms with Crippen LogP contribution in [0.2, 0.25) is 5.02 Å². The quantitative estimate of drug-likeness (QED) is 0.660. The van der Waals surface area contributed by atoms with Crippen LogP contribution in [0.3, 0.4) is 0 Å². The van der Waals surface area contributed by atoms with Crippen LogP contribution in [0.25, 0.3) is 0 Å². The lowest BCUT2D eigenvalue weighted by Crippen LogP contribution is -1.97. The second kappa shape index (κ2) is 5.41. The summed E-state index contributed by atoms with van der Waals surface area (Å²) in [7, 11) is 0. The molecule has 1 heteroatoms. The van der Waals surface area contributed by atoms with Crippen LogP contribution < -0.4 is 0 Å². The van der Waals surface area contributed by atoms with Crippen molar-refractivity contribution in [1.29, 1.82) is 0 Å². The molecule has 0 fully saturated rings. The number of halogens is 1. The Balaban J connectivity index is 2.82. The summed E-state index contributed by atoms with van der Waals surface area (Å²) in [5.41, 5.74) is 2.66. The van der Waals surface area contributed by atoms with Crippen LogP contribution in [-0.2, 0) is 0 Å². The SMILES string of the molecule is CCCCC(C)c1c(C)cccc1Cl. The fourth-order valence-electron chi connectivity index (χ4n) is 1.92. The van der Waals surface area contributed by atoms with Crippen molar-refractivity contribution in [2.75, 3.05) is 0 Å². The summed E-state index contributed by atoms with van der Waals surface area (Å²) in [5, 5.41) is 0.925. The average Bonchev–Trinajstić information content (AvgIpc) is 2.14. The number of hydrogen-bond acceptors (Lipinski definition) is 0. The Morgan fingerprint density at radius 1 is 1.36 bits per heavy atom. The molecule has 1 atom stereocenters. The van der Waals surface area contributed by atoms with E-state index in [1.165, 1.54) is 30.4 Å². The minimum atomic E-state index is 0.587. The molecule has 0 radical (unpaired) electrons. The first kappa shape index (κ1) is 11.6. The maximum atomic E-state index is 6.20. The van der Waals surface area contributed by atoms with E-state index in [0.717, 1.165) is 5.02 Å². The molecule has 0 aliphatic heterocycles. The number of hydrogen-bond donors (Lipinski definition) is 0. The number of benzene rings is 1. The third-order valence-electron chi connectivity index (χ3n) is 2.75. The third kappa shape index (κ3) is 2.75. The van der Waals surface area contributed by atoms with Gasteiger partial charge in [0.25, 0.3) is 0 Å². The van der Waals surface area contributed by atoms with E-state index < -0.39 is 0 Å². The van der Waals surface area contributed by atoms with Crippen LogP contribution in [0.1, 0.15) is 50.2 Å². The molecule has 1 rings (SSSR count). The first-order valence-electron chi connectivity index (χ1n) is 5.41. The van der Waals surface area contributed by atoms with Crippen molar-refractivity contribution in [3.8, 4) is 0 Å². The Kier molecular flexibility index (Phi) is 4.47. The molecule has 78 valence electrons. The summed E-state index contributed by atoms with van der Waals surface area (Å²) in [6.45, 7) is 6.64. The van der Waals surface area contributed by atoms with Gasteiger partial charge in [0.2, 0.25) is 0 Å². The minimum Gasteiger partial charge on any atom is -0.0840 e. The highest BCUT2D eigenvalue weighted by Gasteiger charge is 2.11. The van der Waals surface area contributed by atoms with Gasteiger partial charge in [0, 0.05) is 5.02 Å². The Hall–Kier alpha value is -0.490. The molecule has 1 unspecified atom stereocenters. The van der Waals surface area contributed by atoms with E-state index in [0.29, 0.717) is 5.92 Å². The zero-order valence-electron chi connectivity index (χ0n) is 9.31. The van der Waals surface area contributed by atoms with Gasteiger partial charge in [0.1, 0.15) is 0 Å². The second-order valence-corrected chi connectivity index (χ2v) is 4.42. The smallest absolute Gasteiger partial charge is 0.0443 e. The predicted octanol–water partition coefficient (Wildman–Crippen LogP) is 4.94. The van der Waals surface area contributed by atoms with Crippen LogP contribution in [-0.4, -0.2) is 0 Å². The largest absolute Gasteiger partial charge is 0.0840 e. The van der Waals surface area contributed by atoms with Gasteiger partial charge in [-0.2, -0.15) is 0 Å². The van der Waals surface area contributed by atoms with Crippen LogP contribution in [0.5, 0.6) is 0 Å². The molecular formula is C13H19Cl. The molecule has 0 aromatic heterocycles. The molecular weight excluding hydrogens is 192 g/mol. The molecule has 1 aromatic carbocycles. The molecule has 0 heterocycles. The normalized spacial score (nSPS) is 12.9. The molecule has 0 bridgehead atoms. The van der Waals surface area contributed by atoms with E-state index in [-0.39, 0.29) is 0 Å². The maximum absolute atomic E-state index is 6.20. The van der Waals surface area contributed by atoms with Crippen molar-refractivity contribution in [2.45, 2.75) is 46.0 Å². The zero-order chi connectivity index (χ0) is 10.6. The van der Waals surface area contributed by atoms with Crippen molar-refractivity contribution in [3.63, 3.8) is 0 Å². The molecule has 0 saturated carbocycles. The molecule has 14 heavy (non-hydrogen) atoms. The van der Waals surface area contributed by atoms with Crippen molar-refractivity contribution in [3.05, 3.63) is 34.3 Å². The summed E-state index contributed by atoms with van der Waals surface area (Å²) in [5.74, 6) is 0.587.